The Labute approximate surface area is 211 Å². The van der Waals surface area contributed by atoms with Crippen molar-refractivity contribution in [1.29, 1.82) is 0 Å². The van der Waals surface area contributed by atoms with Crippen molar-refractivity contribution in [3.05, 3.63) is 78.9 Å². The molecule has 0 unspecified atom stereocenters. The molecule has 0 radical (unpaired) electrons. The Morgan fingerprint density at radius 2 is 1.17 bits per heavy atom. The third-order valence-electron chi connectivity index (χ3n) is 4.48. The highest BCUT2D eigenvalue weighted by atomic mass is 32.2. The van der Waals surface area contributed by atoms with Crippen molar-refractivity contribution in [2.45, 2.75) is 68.6 Å². The molecule has 3 rings (SSSR count). The quantitative estimate of drug-likeness (QED) is 0.263. The van der Waals surface area contributed by atoms with Crippen molar-refractivity contribution in [2.24, 2.45) is 0 Å². The fourth-order valence-electron chi connectivity index (χ4n) is 3.15. The van der Waals surface area contributed by atoms with Crippen molar-refractivity contribution >= 4 is 23.7 Å². The van der Waals surface area contributed by atoms with Crippen LogP contribution in [0.1, 0.15) is 41.5 Å². The van der Waals surface area contributed by atoms with E-state index in [0.717, 1.165) is 20.9 Å². The van der Waals surface area contributed by atoms with Gasteiger partial charge in [-0.3, -0.25) is 0 Å². The summed E-state index contributed by atoms with van der Waals surface area (Å²) >= 11 is 1.68. The van der Waals surface area contributed by atoms with Crippen LogP contribution in [0.3, 0.4) is 0 Å². The van der Waals surface area contributed by atoms with Crippen molar-refractivity contribution in [3.63, 3.8) is 0 Å². The maximum Gasteiger partial charge on any atom is 0.359 e. The first-order valence-electron chi connectivity index (χ1n) is 11.5. The van der Waals surface area contributed by atoms with Crippen LogP contribution in [0.2, 0.25) is 0 Å². The molecule has 0 saturated heterocycles. The van der Waals surface area contributed by atoms with Crippen LogP contribution >= 0.6 is 11.8 Å². The standard InChI is InChI=1S/C29H32O5S/c1-28(2,3)33-26(30)25(27(31)34-29(4,5)6)32-22-14-10-12-20(18-22)21-13-11-17-24(19-21)35-23-15-8-7-9-16-23/h7-19,25H,1-6H3. The summed E-state index contributed by atoms with van der Waals surface area (Å²) in [5.74, 6) is -1.22. The lowest BCUT2D eigenvalue weighted by Gasteiger charge is -2.26. The van der Waals surface area contributed by atoms with Crippen LogP contribution < -0.4 is 4.74 Å². The maximum absolute atomic E-state index is 12.8. The highest BCUT2D eigenvalue weighted by molar-refractivity contribution is 7.99. The van der Waals surface area contributed by atoms with E-state index in [4.69, 9.17) is 14.2 Å². The Bertz CT molecular complexity index is 1130. The van der Waals surface area contributed by atoms with Gasteiger partial charge >= 0.3 is 11.9 Å². The fraction of sp³-hybridized carbons (Fsp3) is 0.310. The average molecular weight is 493 g/mol. The number of hydrogen-bond acceptors (Lipinski definition) is 6. The second kappa shape index (κ2) is 11.0. The molecule has 0 aromatic heterocycles. The zero-order valence-electron chi connectivity index (χ0n) is 21.0. The molecular weight excluding hydrogens is 460 g/mol. The number of ether oxygens (including phenoxy) is 3. The summed E-state index contributed by atoms with van der Waals surface area (Å²) in [6.07, 6.45) is -1.54. The number of carbonyl (C=O) groups excluding carboxylic acids is 2. The molecule has 0 amide bonds. The molecule has 0 atom stereocenters. The van der Waals surface area contributed by atoms with Gasteiger partial charge in [0.15, 0.2) is 0 Å². The van der Waals surface area contributed by atoms with Crippen LogP contribution in [0, 0.1) is 0 Å². The predicted molar refractivity (Wildman–Crippen MR) is 139 cm³/mol. The van der Waals surface area contributed by atoms with E-state index >= 15 is 0 Å². The number of benzene rings is 3. The van der Waals surface area contributed by atoms with Crippen LogP contribution in [0.4, 0.5) is 0 Å². The van der Waals surface area contributed by atoms with Crippen molar-refractivity contribution in [3.8, 4) is 16.9 Å². The minimum Gasteiger partial charge on any atom is -0.467 e. The summed E-state index contributed by atoms with van der Waals surface area (Å²) in [5, 5.41) is 0. The molecule has 3 aromatic rings. The summed E-state index contributed by atoms with van der Waals surface area (Å²) in [7, 11) is 0. The highest BCUT2D eigenvalue weighted by Gasteiger charge is 2.37. The largest absolute Gasteiger partial charge is 0.467 e. The van der Waals surface area contributed by atoms with E-state index in [9.17, 15) is 9.59 Å². The molecule has 0 N–H and O–H groups in total. The van der Waals surface area contributed by atoms with Gasteiger partial charge in [0.1, 0.15) is 17.0 Å². The summed E-state index contributed by atoms with van der Waals surface area (Å²) in [6, 6.07) is 25.6. The third kappa shape index (κ3) is 8.48. The summed E-state index contributed by atoms with van der Waals surface area (Å²) in [5.41, 5.74) is 0.325. The molecule has 35 heavy (non-hydrogen) atoms. The van der Waals surface area contributed by atoms with Gasteiger partial charge in [-0.2, -0.15) is 0 Å². The van der Waals surface area contributed by atoms with Crippen molar-refractivity contribution in [2.75, 3.05) is 0 Å². The van der Waals surface area contributed by atoms with E-state index in [1.807, 2.05) is 42.5 Å². The lowest BCUT2D eigenvalue weighted by atomic mass is 10.1. The summed E-state index contributed by atoms with van der Waals surface area (Å²) < 4.78 is 16.7. The first-order chi connectivity index (χ1) is 16.4. The van der Waals surface area contributed by atoms with Crippen molar-refractivity contribution in [1.82, 2.24) is 0 Å². The smallest absolute Gasteiger partial charge is 0.359 e. The molecule has 0 heterocycles. The maximum atomic E-state index is 12.8. The monoisotopic (exact) mass is 492 g/mol. The zero-order valence-corrected chi connectivity index (χ0v) is 21.8. The van der Waals surface area contributed by atoms with Crippen LogP contribution in [0.25, 0.3) is 11.1 Å². The molecule has 0 saturated carbocycles. The lowest BCUT2D eigenvalue weighted by molar-refractivity contribution is -0.179. The van der Waals surface area contributed by atoms with Gasteiger partial charge in [0, 0.05) is 9.79 Å². The van der Waals surface area contributed by atoms with E-state index in [-0.39, 0.29) is 0 Å². The topological polar surface area (TPSA) is 61.8 Å². The van der Waals surface area contributed by atoms with E-state index < -0.39 is 29.2 Å². The lowest BCUT2D eigenvalue weighted by Crippen LogP contribution is -2.44. The number of hydrogen-bond donors (Lipinski definition) is 0. The molecule has 5 nitrogen and oxygen atoms in total. The van der Waals surface area contributed by atoms with Gasteiger partial charge in [0.05, 0.1) is 0 Å². The molecule has 0 aliphatic rings. The van der Waals surface area contributed by atoms with Gasteiger partial charge in [-0.1, -0.05) is 54.2 Å². The van der Waals surface area contributed by atoms with Crippen LogP contribution in [0.15, 0.2) is 88.7 Å². The van der Waals surface area contributed by atoms with Gasteiger partial charge in [0.25, 0.3) is 6.10 Å². The van der Waals surface area contributed by atoms with Crippen LogP contribution in [-0.4, -0.2) is 29.2 Å². The van der Waals surface area contributed by atoms with Gasteiger partial charge in [-0.15, -0.1) is 0 Å². The van der Waals surface area contributed by atoms with Crippen molar-refractivity contribution < 1.29 is 23.8 Å². The van der Waals surface area contributed by atoms with Gasteiger partial charge < -0.3 is 14.2 Å². The van der Waals surface area contributed by atoms with E-state index in [2.05, 4.69) is 24.3 Å². The first kappa shape index (κ1) is 26.4. The molecule has 0 aliphatic carbocycles. The van der Waals surface area contributed by atoms with Gasteiger partial charge in [-0.25, -0.2) is 9.59 Å². The Kier molecular flexibility index (Phi) is 8.28. The minimum atomic E-state index is -1.54. The Hall–Kier alpha value is -3.25. The second-order valence-electron chi connectivity index (χ2n) is 10.0. The zero-order chi connectivity index (χ0) is 25.6. The third-order valence-corrected chi connectivity index (χ3v) is 5.47. The average Bonchev–Trinajstić information content (AvgIpc) is 2.76. The Balaban J connectivity index is 1.84. The molecule has 184 valence electrons. The fourth-order valence-corrected chi connectivity index (χ4v) is 4.05. The molecule has 0 aliphatic heterocycles. The molecule has 0 spiro atoms. The summed E-state index contributed by atoms with van der Waals surface area (Å²) in [6.45, 7) is 10.4. The molecule has 6 heteroatoms. The number of esters is 2. The van der Waals surface area contributed by atoms with Gasteiger partial charge in [-0.05, 0) is 89.1 Å². The SMILES string of the molecule is CC(C)(C)OC(=O)C(Oc1cccc(-c2cccc(Sc3ccccc3)c2)c1)C(=O)OC(C)(C)C. The number of carbonyl (C=O) groups is 2. The van der Waals surface area contributed by atoms with Crippen LogP contribution in [-0.2, 0) is 19.1 Å². The molecule has 3 aromatic carbocycles. The molecule has 0 fully saturated rings. The first-order valence-corrected chi connectivity index (χ1v) is 12.3. The highest BCUT2D eigenvalue weighted by Crippen LogP contribution is 2.32. The molecular formula is C29H32O5S. The van der Waals surface area contributed by atoms with E-state index in [0.29, 0.717) is 5.75 Å². The van der Waals surface area contributed by atoms with E-state index in [1.165, 1.54) is 0 Å². The normalized spacial score (nSPS) is 11.7. The summed E-state index contributed by atoms with van der Waals surface area (Å²) in [4.78, 5) is 27.9. The predicted octanol–water partition coefficient (Wildman–Crippen LogP) is 6.94. The van der Waals surface area contributed by atoms with E-state index in [1.54, 1.807) is 65.4 Å². The molecule has 0 bridgehead atoms. The second-order valence-corrected chi connectivity index (χ2v) is 11.2. The van der Waals surface area contributed by atoms with Gasteiger partial charge in [0.2, 0.25) is 0 Å². The number of rotatable bonds is 7. The Morgan fingerprint density at radius 1 is 0.657 bits per heavy atom. The van der Waals surface area contributed by atoms with Crippen LogP contribution in [0.5, 0.6) is 5.75 Å². The Morgan fingerprint density at radius 3 is 1.74 bits per heavy atom. The minimum absolute atomic E-state index is 0.366.